The lowest BCUT2D eigenvalue weighted by atomic mass is 9.98. The fourth-order valence-electron chi connectivity index (χ4n) is 3.40. The Bertz CT molecular complexity index is 1050. The maximum atomic E-state index is 13.8. The van der Waals surface area contributed by atoms with Crippen LogP contribution in [0.4, 0.5) is 4.39 Å². The molecule has 3 aromatic rings. The second-order valence-electron chi connectivity index (χ2n) is 6.86. The molecule has 3 aromatic carbocycles. The topological polar surface area (TPSA) is 51.1 Å². The predicted molar refractivity (Wildman–Crippen MR) is 112 cm³/mol. The van der Waals surface area contributed by atoms with Crippen molar-refractivity contribution in [1.82, 2.24) is 5.01 Å². The lowest BCUT2D eigenvalue weighted by molar-refractivity contribution is -0.135. The van der Waals surface area contributed by atoms with Crippen LogP contribution in [0.5, 0.6) is 11.5 Å². The Balaban J connectivity index is 1.58. The van der Waals surface area contributed by atoms with Gasteiger partial charge in [-0.3, -0.25) is 4.79 Å². The van der Waals surface area contributed by atoms with Crippen molar-refractivity contribution < 1.29 is 18.7 Å². The van der Waals surface area contributed by atoms with Crippen molar-refractivity contribution in [3.63, 3.8) is 0 Å². The number of hydrogen-bond donors (Lipinski definition) is 0. The zero-order valence-corrected chi connectivity index (χ0v) is 16.5. The van der Waals surface area contributed by atoms with Crippen LogP contribution in [-0.4, -0.2) is 30.3 Å². The lowest BCUT2D eigenvalue weighted by Crippen LogP contribution is -2.31. The van der Waals surface area contributed by atoms with E-state index in [1.807, 2.05) is 54.6 Å². The van der Waals surface area contributed by atoms with E-state index in [0.29, 0.717) is 6.42 Å². The lowest BCUT2D eigenvalue weighted by Gasteiger charge is -2.22. The van der Waals surface area contributed by atoms with Gasteiger partial charge in [0.1, 0.15) is 5.75 Å². The minimum Gasteiger partial charge on any atom is -0.497 e. The highest BCUT2D eigenvalue weighted by Gasteiger charge is 2.33. The van der Waals surface area contributed by atoms with Gasteiger partial charge in [0.25, 0.3) is 5.91 Å². The minimum absolute atomic E-state index is 0.0401. The van der Waals surface area contributed by atoms with Crippen LogP contribution in [0.25, 0.3) is 0 Å². The van der Waals surface area contributed by atoms with E-state index in [0.717, 1.165) is 22.6 Å². The van der Waals surface area contributed by atoms with Gasteiger partial charge < -0.3 is 9.47 Å². The quantitative estimate of drug-likeness (QED) is 0.604. The Morgan fingerprint density at radius 2 is 1.73 bits per heavy atom. The average Bonchev–Trinajstić information content (AvgIpc) is 3.25. The summed E-state index contributed by atoms with van der Waals surface area (Å²) in [6.45, 7) is -0.306. The summed E-state index contributed by atoms with van der Waals surface area (Å²) in [5, 5.41) is 6.02. The molecule has 0 bridgehead atoms. The van der Waals surface area contributed by atoms with Crippen molar-refractivity contribution in [2.75, 3.05) is 13.7 Å². The second kappa shape index (κ2) is 8.78. The number of rotatable bonds is 6. The Hall–Kier alpha value is -3.67. The number of para-hydroxylation sites is 1. The summed E-state index contributed by atoms with van der Waals surface area (Å²) < 4.78 is 24.5. The third-order valence-electron chi connectivity index (χ3n) is 4.96. The number of amides is 1. The fraction of sp³-hybridized carbons (Fsp3) is 0.167. The molecule has 0 spiro atoms. The number of carbonyl (C=O) groups excluding carboxylic acids is 1. The number of ether oxygens (including phenoxy) is 2. The van der Waals surface area contributed by atoms with E-state index < -0.39 is 5.82 Å². The molecule has 1 aliphatic rings. The molecule has 0 saturated heterocycles. The summed E-state index contributed by atoms with van der Waals surface area (Å²) in [5.74, 6) is -0.0723. The standard InChI is InChI=1S/C24H21FN2O3/c1-29-19-13-11-18(12-14-19)22-15-21(17-7-3-2-4-8-17)26-27(22)24(28)16-30-23-10-6-5-9-20(23)25/h2-14,22H,15-16H2,1H3/t22-/m1/s1. The van der Waals surface area contributed by atoms with E-state index in [2.05, 4.69) is 5.10 Å². The van der Waals surface area contributed by atoms with Crippen LogP contribution in [0.1, 0.15) is 23.6 Å². The molecule has 1 atom stereocenters. The van der Waals surface area contributed by atoms with Gasteiger partial charge in [0.2, 0.25) is 0 Å². The highest BCUT2D eigenvalue weighted by Crippen LogP contribution is 2.33. The molecule has 6 heteroatoms. The van der Waals surface area contributed by atoms with E-state index in [4.69, 9.17) is 9.47 Å². The van der Waals surface area contributed by atoms with Crippen molar-refractivity contribution >= 4 is 11.6 Å². The first-order chi connectivity index (χ1) is 14.7. The molecule has 0 unspecified atom stereocenters. The third-order valence-corrected chi connectivity index (χ3v) is 4.96. The van der Waals surface area contributed by atoms with Crippen LogP contribution in [0, 0.1) is 5.82 Å². The van der Waals surface area contributed by atoms with Crippen LogP contribution in [0.15, 0.2) is 84.0 Å². The van der Waals surface area contributed by atoms with Gasteiger partial charge in [-0.05, 0) is 35.4 Å². The first-order valence-corrected chi connectivity index (χ1v) is 9.62. The van der Waals surface area contributed by atoms with Crippen LogP contribution in [-0.2, 0) is 4.79 Å². The molecule has 152 valence electrons. The average molecular weight is 404 g/mol. The fourth-order valence-corrected chi connectivity index (χ4v) is 3.40. The van der Waals surface area contributed by atoms with Crippen molar-refractivity contribution in [2.45, 2.75) is 12.5 Å². The highest BCUT2D eigenvalue weighted by molar-refractivity contribution is 6.03. The van der Waals surface area contributed by atoms with Gasteiger partial charge in [0.15, 0.2) is 18.2 Å². The van der Waals surface area contributed by atoms with Gasteiger partial charge in [0.05, 0.1) is 18.9 Å². The largest absolute Gasteiger partial charge is 0.497 e. The van der Waals surface area contributed by atoms with Gasteiger partial charge in [-0.1, -0.05) is 54.6 Å². The van der Waals surface area contributed by atoms with E-state index in [1.165, 1.54) is 17.1 Å². The molecule has 4 rings (SSSR count). The Morgan fingerprint density at radius 1 is 1.03 bits per heavy atom. The summed E-state index contributed by atoms with van der Waals surface area (Å²) in [4.78, 5) is 13.0. The maximum Gasteiger partial charge on any atom is 0.281 e. The number of methoxy groups -OCH3 is 1. The zero-order valence-electron chi connectivity index (χ0n) is 16.5. The van der Waals surface area contributed by atoms with Crippen LogP contribution in [0.3, 0.4) is 0 Å². The number of nitrogens with zero attached hydrogens (tertiary/aromatic N) is 2. The van der Waals surface area contributed by atoms with Crippen LogP contribution < -0.4 is 9.47 Å². The predicted octanol–water partition coefficient (Wildman–Crippen LogP) is 4.59. The van der Waals surface area contributed by atoms with Gasteiger partial charge in [-0.15, -0.1) is 0 Å². The molecule has 5 nitrogen and oxygen atoms in total. The number of hydrazone groups is 1. The first-order valence-electron chi connectivity index (χ1n) is 9.62. The maximum absolute atomic E-state index is 13.8. The van der Waals surface area contributed by atoms with E-state index in [9.17, 15) is 9.18 Å². The summed E-state index contributed by atoms with van der Waals surface area (Å²) in [6.07, 6.45) is 0.571. The summed E-state index contributed by atoms with van der Waals surface area (Å²) in [7, 11) is 1.61. The van der Waals surface area contributed by atoms with Gasteiger partial charge in [-0.25, -0.2) is 9.40 Å². The molecule has 0 aromatic heterocycles. The van der Waals surface area contributed by atoms with Crippen LogP contribution >= 0.6 is 0 Å². The second-order valence-corrected chi connectivity index (χ2v) is 6.86. The number of carbonyl (C=O) groups is 1. The van der Waals surface area contributed by atoms with Crippen molar-refractivity contribution in [3.05, 3.63) is 95.8 Å². The monoisotopic (exact) mass is 404 g/mol. The van der Waals surface area contributed by atoms with Gasteiger partial charge in [0, 0.05) is 6.42 Å². The molecular formula is C24H21FN2O3. The molecule has 0 radical (unpaired) electrons. The minimum atomic E-state index is -0.507. The molecule has 1 amide bonds. The first kappa shape index (κ1) is 19.6. The van der Waals surface area contributed by atoms with Gasteiger partial charge in [-0.2, -0.15) is 5.10 Å². The van der Waals surface area contributed by atoms with Crippen LogP contribution in [0.2, 0.25) is 0 Å². The highest BCUT2D eigenvalue weighted by atomic mass is 19.1. The summed E-state index contributed by atoms with van der Waals surface area (Å²) >= 11 is 0. The van der Waals surface area contributed by atoms with E-state index in [1.54, 1.807) is 19.2 Å². The number of benzene rings is 3. The third kappa shape index (κ3) is 4.17. The van der Waals surface area contributed by atoms with Crippen molar-refractivity contribution in [1.29, 1.82) is 0 Å². The smallest absolute Gasteiger partial charge is 0.281 e. The number of hydrogen-bond acceptors (Lipinski definition) is 4. The molecule has 1 aliphatic heterocycles. The molecule has 0 fully saturated rings. The van der Waals surface area contributed by atoms with Gasteiger partial charge >= 0.3 is 0 Å². The zero-order chi connectivity index (χ0) is 20.9. The normalized spacial score (nSPS) is 15.6. The van der Waals surface area contributed by atoms with E-state index >= 15 is 0 Å². The number of halogens is 1. The molecule has 0 N–H and O–H groups in total. The SMILES string of the molecule is COc1ccc([C@H]2CC(c3ccccc3)=NN2C(=O)COc2ccccc2F)cc1. The Labute approximate surface area is 174 Å². The summed E-state index contributed by atoms with van der Waals surface area (Å²) in [6, 6.07) is 23.0. The molecule has 0 aliphatic carbocycles. The Morgan fingerprint density at radius 3 is 2.43 bits per heavy atom. The van der Waals surface area contributed by atoms with Crippen molar-refractivity contribution in [2.24, 2.45) is 5.10 Å². The molecule has 0 saturated carbocycles. The molecule has 30 heavy (non-hydrogen) atoms. The molecule has 1 heterocycles. The van der Waals surface area contributed by atoms with E-state index in [-0.39, 0.29) is 24.3 Å². The summed E-state index contributed by atoms with van der Waals surface area (Å²) in [5.41, 5.74) is 2.71. The molecular weight excluding hydrogens is 383 g/mol. The Kier molecular flexibility index (Phi) is 5.75. The van der Waals surface area contributed by atoms with Crippen molar-refractivity contribution in [3.8, 4) is 11.5 Å².